The number of aryl methyl sites for hydroxylation is 1. The van der Waals surface area contributed by atoms with Crippen molar-refractivity contribution in [2.45, 2.75) is 45.8 Å². The van der Waals surface area contributed by atoms with E-state index in [1.54, 1.807) is 0 Å². The summed E-state index contributed by atoms with van der Waals surface area (Å²) in [7, 11) is 0. The number of nitrogens with one attached hydrogen (secondary N) is 1. The summed E-state index contributed by atoms with van der Waals surface area (Å²) in [6, 6.07) is 11.3. The average molecular weight is 361 g/mol. The summed E-state index contributed by atoms with van der Waals surface area (Å²) in [5, 5.41) is 3.17. The lowest BCUT2D eigenvalue weighted by Crippen LogP contribution is -2.41. The zero-order valence-electron chi connectivity index (χ0n) is 15.1. The number of nitrogens with two attached hydrogens (primary N) is 1. The predicted molar refractivity (Wildman–Crippen MR) is 104 cm³/mol. The van der Waals surface area contributed by atoms with Crippen molar-refractivity contribution in [1.29, 1.82) is 0 Å². The highest BCUT2D eigenvalue weighted by atomic mass is 35.5. The molecule has 1 amide bonds. The lowest BCUT2D eigenvalue weighted by molar-refractivity contribution is 0.0620. The molecule has 25 heavy (non-hydrogen) atoms. The summed E-state index contributed by atoms with van der Waals surface area (Å²) in [6.07, 6.45) is 0.695. The first-order valence-electron chi connectivity index (χ1n) is 8.22. The Morgan fingerprint density at radius 2 is 1.96 bits per heavy atom. The SMILES string of the molecule is Cc1cccc(C(=O)NC2CC(C)(C)Oc3ccc(N)cc32)c1C.Cl. The van der Waals surface area contributed by atoms with Gasteiger partial charge in [-0.15, -0.1) is 12.4 Å². The smallest absolute Gasteiger partial charge is 0.252 e. The van der Waals surface area contributed by atoms with E-state index in [0.29, 0.717) is 17.7 Å². The van der Waals surface area contributed by atoms with Gasteiger partial charge in [0, 0.05) is 23.2 Å². The third-order valence-corrected chi connectivity index (χ3v) is 4.65. The summed E-state index contributed by atoms with van der Waals surface area (Å²) in [6.45, 7) is 8.05. The van der Waals surface area contributed by atoms with E-state index in [1.165, 1.54) is 0 Å². The monoisotopic (exact) mass is 360 g/mol. The quantitative estimate of drug-likeness (QED) is 0.783. The maximum Gasteiger partial charge on any atom is 0.252 e. The largest absolute Gasteiger partial charge is 0.487 e. The van der Waals surface area contributed by atoms with Gasteiger partial charge in [0.2, 0.25) is 0 Å². The normalized spacial score (nSPS) is 17.7. The number of carbonyl (C=O) groups excluding carboxylic acids is 1. The van der Waals surface area contributed by atoms with Crippen LogP contribution in [0.1, 0.15) is 53.4 Å². The van der Waals surface area contributed by atoms with Crippen LogP contribution >= 0.6 is 12.4 Å². The molecular formula is C20H25ClN2O2. The molecule has 1 aliphatic rings. The molecule has 1 heterocycles. The molecule has 134 valence electrons. The minimum atomic E-state index is -0.345. The van der Waals surface area contributed by atoms with Gasteiger partial charge in [-0.2, -0.15) is 0 Å². The molecule has 1 atom stereocenters. The second-order valence-corrected chi connectivity index (χ2v) is 7.14. The molecule has 0 bridgehead atoms. The fourth-order valence-electron chi connectivity index (χ4n) is 3.23. The van der Waals surface area contributed by atoms with E-state index in [1.807, 2.05) is 64.1 Å². The number of amides is 1. The Balaban J connectivity index is 0.00000225. The van der Waals surface area contributed by atoms with Crippen LogP contribution in [0.4, 0.5) is 5.69 Å². The van der Waals surface area contributed by atoms with Crippen molar-refractivity contribution in [1.82, 2.24) is 5.32 Å². The van der Waals surface area contributed by atoms with Crippen molar-refractivity contribution < 1.29 is 9.53 Å². The van der Waals surface area contributed by atoms with Crippen molar-refractivity contribution in [2.75, 3.05) is 5.73 Å². The van der Waals surface area contributed by atoms with E-state index < -0.39 is 0 Å². The molecule has 0 aromatic heterocycles. The van der Waals surface area contributed by atoms with Crippen molar-refractivity contribution >= 4 is 24.0 Å². The number of benzene rings is 2. The Hall–Kier alpha value is -2.20. The molecule has 0 radical (unpaired) electrons. The second-order valence-electron chi connectivity index (χ2n) is 7.14. The number of rotatable bonds is 2. The lowest BCUT2D eigenvalue weighted by atomic mass is 9.89. The molecule has 2 aromatic carbocycles. The van der Waals surface area contributed by atoms with E-state index >= 15 is 0 Å². The van der Waals surface area contributed by atoms with Gasteiger partial charge in [-0.3, -0.25) is 4.79 Å². The van der Waals surface area contributed by atoms with E-state index in [0.717, 1.165) is 22.4 Å². The first-order valence-corrected chi connectivity index (χ1v) is 8.22. The van der Waals surface area contributed by atoms with Crippen LogP contribution in [0.25, 0.3) is 0 Å². The number of ether oxygens (including phenoxy) is 1. The zero-order valence-corrected chi connectivity index (χ0v) is 15.9. The molecule has 1 unspecified atom stereocenters. The number of anilines is 1. The summed E-state index contributed by atoms with van der Waals surface area (Å²) in [4.78, 5) is 12.8. The molecule has 1 aliphatic heterocycles. The van der Waals surface area contributed by atoms with E-state index in [4.69, 9.17) is 10.5 Å². The Kier molecular flexibility index (Phi) is 5.33. The highest BCUT2D eigenvalue weighted by Crippen LogP contribution is 2.40. The van der Waals surface area contributed by atoms with Crippen molar-refractivity contribution in [3.05, 3.63) is 58.7 Å². The number of carbonyl (C=O) groups is 1. The van der Waals surface area contributed by atoms with Gasteiger partial charge < -0.3 is 15.8 Å². The molecule has 0 aliphatic carbocycles. The number of halogens is 1. The Labute approximate surface area is 155 Å². The van der Waals surface area contributed by atoms with E-state index in [9.17, 15) is 4.79 Å². The topological polar surface area (TPSA) is 64.3 Å². The summed E-state index contributed by atoms with van der Waals surface area (Å²) in [5.41, 5.74) is 10.0. The number of fused-ring (bicyclic) bond motifs is 1. The second kappa shape index (κ2) is 6.96. The first-order chi connectivity index (χ1) is 11.3. The van der Waals surface area contributed by atoms with Gasteiger partial charge in [-0.1, -0.05) is 12.1 Å². The van der Waals surface area contributed by atoms with Gasteiger partial charge in [-0.05, 0) is 63.1 Å². The third kappa shape index (κ3) is 3.90. The van der Waals surface area contributed by atoms with Crippen LogP contribution in [0.3, 0.4) is 0 Å². The third-order valence-electron chi connectivity index (χ3n) is 4.65. The van der Waals surface area contributed by atoms with Gasteiger partial charge in [0.25, 0.3) is 5.91 Å². The molecule has 2 aromatic rings. The highest BCUT2D eigenvalue weighted by Gasteiger charge is 2.34. The first kappa shape index (κ1) is 19.1. The zero-order chi connectivity index (χ0) is 17.5. The fourth-order valence-corrected chi connectivity index (χ4v) is 3.23. The number of hydrogen-bond donors (Lipinski definition) is 2. The summed E-state index contributed by atoms with van der Waals surface area (Å²) in [5.74, 6) is 0.721. The number of nitrogen functional groups attached to an aromatic ring is 1. The average Bonchev–Trinajstić information content (AvgIpc) is 2.50. The van der Waals surface area contributed by atoms with E-state index in [2.05, 4.69) is 5.32 Å². The van der Waals surface area contributed by atoms with Crippen LogP contribution in [0.15, 0.2) is 36.4 Å². The van der Waals surface area contributed by atoms with Crippen molar-refractivity contribution in [2.24, 2.45) is 0 Å². The fraction of sp³-hybridized carbons (Fsp3) is 0.350. The molecule has 0 saturated heterocycles. The van der Waals surface area contributed by atoms with Crippen LogP contribution < -0.4 is 15.8 Å². The molecule has 4 nitrogen and oxygen atoms in total. The molecule has 0 spiro atoms. The Bertz CT molecular complexity index is 802. The standard InChI is InChI=1S/C20H24N2O2.ClH/c1-12-6-5-7-15(13(12)2)19(23)22-17-11-20(3,4)24-18-9-8-14(21)10-16(17)18;/h5-10,17H,11,21H2,1-4H3,(H,22,23);1H. The number of hydrogen-bond acceptors (Lipinski definition) is 3. The van der Waals surface area contributed by atoms with Crippen molar-refractivity contribution in [3.63, 3.8) is 0 Å². The van der Waals surface area contributed by atoms with Gasteiger partial charge in [0.1, 0.15) is 11.4 Å². The Morgan fingerprint density at radius 1 is 1.24 bits per heavy atom. The van der Waals surface area contributed by atoms with Gasteiger partial charge in [0.15, 0.2) is 0 Å². The lowest BCUT2D eigenvalue weighted by Gasteiger charge is -2.38. The predicted octanol–water partition coefficient (Wildman–Crippen LogP) is 4.34. The highest BCUT2D eigenvalue weighted by molar-refractivity contribution is 5.96. The molecule has 3 rings (SSSR count). The molecule has 0 fully saturated rings. The van der Waals surface area contributed by atoms with Crippen LogP contribution in [-0.4, -0.2) is 11.5 Å². The molecule has 0 saturated carbocycles. The van der Waals surface area contributed by atoms with Gasteiger partial charge >= 0.3 is 0 Å². The summed E-state index contributed by atoms with van der Waals surface area (Å²) >= 11 is 0. The molecule has 3 N–H and O–H groups in total. The van der Waals surface area contributed by atoms with Crippen LogP contribution in [-0.2, 0) is 0 Å². The summed E-state index contributed by atoms with van der Waals surface area (Å²) < 4.78 is 6.03. The minimum absolute atomic E-state index is 0. The Morgan fingerprint density at radius 3 is 2.68 bits per heavy atom. The maximum absolute atomic E-state index is 12.8. The molecular weight excluding hydrogens is 336 g/mol. The molecule has 5 heteroatoms. The van der Waals surface area contributed by atoms with Crippen LogP contribution in [0.2, 0.25) is 0 Å². The van der Waals surface area contributed by atoms with Gasteiger partial charge in [-0.25, -0.2) is 0 Å². The van der Waals surface area contributed by atoms with Gasteiger partial charge in [0.05, 0.1) is 6.04 Å². The van der Waals surface area contributed by atoms with Crippen molar-refractivity contribution in [3.8, 4) is 5.75 Å². The minimum Gasteiger partial charge on any atom is -0.487 e. The van der Waals surface area contributed by atoms with Crippen LogP contribution in [0, 0.1) is 13.8 Å². The van der Waals surface area contributed by atoms with E-state index in [-0.39, 0.29) is 30.0 Å². The maximum atomic E-state index is 12.8. The van der Waals surface area contributed by atoms with Crippen LogP contribution in [0.5, 0.6) is 5.75 Å².